The summed E-state index contributed by atoms with van der Waals surface area (Å²) >= 11 is 12.1. The van der Waals surface area contributed by atoms with Gasteiger partial charge in [-0.2, -0.15) is 0 Å². The molecular formula is C18H16Cl2FNO3. The van der Waals surface area contributed by atoms with Crippen molar-refractivity contribution in [2.24, 2.45) is 0 Å². The number of carbonyl (C=O) groups is 1. The molecule has 1 aliphatic rings. The smallest absolute Gasteiger partial charge is 0.257 e. The van der Waals surface area contributed by atoms with Crippen LogP contribution in [0.4, 0.5) is 4.39 Å². The van der Waals surface area contributed by atoms with E-state index in [1.54, 1.807) is 24.3 Å². The second kappa shape index (κ2) is 7.70. The van der Waals surface area contributed by atoms with Crippen LogP contribution in [-0.2, 0) is 4.74 Å². The molecule has 7 heteroatoms. The van der Waals surface area contributed by atoms with Crippen molar-refractivity contribution in [3.63, 3.8) is 0 Å². The average molecular weight is 384 g/mol. The fraction of sp³-hybridized carbons (Fsp3) is 0.278. The van der Waals surface area contributed by atoms with Crippen molar-refractivity contribution in [3.8, 4) is 0 Å². The summed E-state index contributed by atoms with van der Waals surface area (Å²) < 4.78 is 19.9. The molecule has 3 rings (SSSR count). The zero-order valence-electron chi connectivity index (χ0n) is 13.2. The SMILES string of the molecule is O=C(c1cccc(Cl)c1F)N1CCO[C@@H](CO)[C@@H]1c1ccccc1Cl. The molecule has 1 amide bonds. The second-order valence-corrected chi connectivity index (χ2v) is 6.47. The molecule has 0 bridgehead atoms. The maximum absolute atomic E-state index is 14.3. The Labute approximate surface area is 154 Å². The van der Waals surface area contributed by atoms with Crippen LogP contribution in [0.15, 0.2) is 42.5 Å². The van der Waals surface area contributed by atoms with Gasteiger partial charge in [-0.3, -0.25) is 4.79 Å². The number of hydrogen-bond acceptors (Lipinski definition) is 3. The second-order valence-electron chi connectivity index (χ2n) is 5.66. The number of aliphatic hydroxyl groups excluding tert-OH is 1. The van der Waals surface area contributed by atoms with E-state index in [9.17, 15) is 14.3 Å². The van der Waals surface area contributed by atoms with Gasteiger partial charge in [-0.25, -0.2) is 4.39 Å². The normalized spacial score (nSPS) is 20.6. The van der Waals surface area contributed by atoms with Crippen LogP contribution in [0.25, 0.3) is 0 Å². The zero-order valence-corrected chi connectivity index (χ0v) is 14.7. The molecule has 1 heterocycles. The topological polar surface area (TPSA) is 49.8 Å². The summed E-state index contributed by atoms with van der Waals surface area (Å²) in [6, 6.07) is 10.7. The summed E-state index contributed by atoms with van der Waals surface area (Å²) in [4.78, 5) is 14.4. The predicted molar refractivity (Wildman–Crippen MR) is 93.5 cm³/mol. The van der Waals surface area contributed by atoms with Crippen LogP contribution >= 0.6 is 23.2 Å². The fourth-order valence-electron chi connectivity index (χ4n) is 3.02. The minimum atomic E-state index is -0.765. The van der Waals surface area contributed by atoms with Crippen LogP contribution in [0.5, 0.6) is 0 Å². The average Bonchev–Trinajstić information content (AvgIpc) is 2.63. The highest BCUT2D eigenvalue weighted by molar-refractivity contribution is 6.31. The zero-order chi connectivity index (χ0) is 18.0. The molecule has 2 aromatic carbocycles. The van der Waals surface area contributed by atoms with Gasteiger partial charge in [-0.1, -0.05) is 47.5 Å². The molecule has 0 unspecified atom stereocenters. The van der Waals surface area contributed by atoms with Crippen molar-refractivity contribution in [3.05, 3.63) is 69.5 Å². The van der Waals surface area contributed by atoms with Gasteiger partial charge in [0.15, 0.2) is 5.82 Å². The first-order valence-corrected chi connectivity index (χ1v) is 8.52. The third-order valence-electron chi connectivity index (χ3n) is 4.20. The van der Waals surface area contributed by atoms with Gasteiger partial charge in [-0.05, 0) is 23.8 Å². The highest BCUT2D eigenvalue weighted by Crippen LogP contribution is 2.35. The van der Waals surface area contributed by atoms with Gasteiger partial charge in [0, 0.05) is 11.6 Å². The first kappa shape index (κ1) is 18.1. The maximum atomic E-state index is 14.3. The van der Waals surface area contributed by atoms with Crippen LogP contribution in [0.2, 0.25) is 10.0 Å². The van der Waals surface area contributed by atoms with E-state index in [2.05, 4.69) is 0 Å². The molecule has 0 radical (unpaired) electrons. The van der Waals surface area contributed by atoms with E-state index in [0.29, 0.717) is 10.6 Å². The summed E-state index contributed by atoms with van der Waals surface area (Å²) in [7, 11) is 0. The Bertz CT molecular complexity index is 787. The van der Waals surface area contributed by atoms with E-state index in [0.717, 1.165) is 0 Å². The molecule has 1 fully saturated rings. The molecule has 0 aliphatic carbocycles. The van der Waals surface area contributed by atoms with E-state index < -0.39 is 23.9 Å². The number of nitrogens with zero attached hydrogens (tertiary/aromatic N) is 1. The maximum Gasteiger partial charge on any atom is 0.257 e. The van der Waals surface area contributed by atoms with Gasteiger partial charge in [0.2, 0.25) is 0 Å². The molecule has 2 atom stereocenters. The Morgan fingerprint density at radius 1 is 1.20 bits per heavy atom. The van der Waals surface area contributed by atoms with E-state index >= 15 is 0 Å². The molecule has 1 saturated heterocycles. The Hall–Kier alpha value is -1.66. The number of benzene rings is 2. The lowest BCUT2D eigenvalue weighted by atomic mass is 9.97. The Kier molecular flexibility index (Phi) is 5.59. The number of rotatable bonds is 3. The molecular weight excluding hydrogens is 368 g/mol. The first-order chi connectivity index (χ1) is 12.0. The van der Waals surface area contributed by atoms with Crippen molar-refractivity contribution >= 4 is 29.1 Å². The van der Waals surface area contributed by atoms with Crippen LogP contribution < -0.4 is 0 Å². The summed E-state index contributed by atoms with van der Waals surface area (Å²) in [6.45, 7) is 0.189. The van der Waals surface area contributed by atoms with Crippen molar-refractivity contribution in [2.45, 2.75) is 12.1 Å². The highest BCUT2D eigenvalue weighted by Gasteiger charge is 2.38. The molecule has 0 spiro atoms. The van der Waals surface area contributed by atoms with E-state index in [1.807, 2.05) is 0 Å². The highest BCUT2D eigenvalue weighted by atomic mass is 35.5. The quantitative estimate of drug-likeness (QED) is 0.878. The predicted octanol–water partition coefficient (Wildman–Crippen LogP) is 3.71. The molecule has 1 N–H and O–H groups in total. The lowest BCUT2D eigenvalue weighted by Gasteiger charge is -2.41. The third kappa shape index (κ3) is 3.51. The minimum absolute atomic E-state index is 0.118. The van der Waals surface area contributed by atoms with Crippen LogP contribution in [0, 0.1) is 5.82 Å². The monoisotopic (exact) mass is 383 g/mol. The lowest BCUT2D eigenvalue weighted by Crippen LogP contribution is -2.49. The Morgan fingerprint density at radius 2 is 1.92 bits per heavy atom. The lowest BCUT2D eigenvalue weighted by molar-refractivity contribution is -0.0812. The van der Waals surface area contributed by atoms with Gasteiger partial charge in [0.05, 0.1) is 29.8 Å². The van der Waals surface area contributed by atoms with Crippen molar-refractivity contribution in [2.75, 3.05) is 19.8 Å². The van der Waals surface area contributed by atoms with E-state index in [1.165, 1.54) is 23.1 Å². The van der Waals surface area contributed by atoms with Gasteiger partial charge in [0.25, 0.3) is 5.91 Å². The summed E-state index contributed by atoms with van der Waals surface area (Å²) in [5.74, 6) is -1.29. The third-order valence-corrected chi connectivity index (χ3v) is 4.83. The van der Waals surface area contributed by atoms with Gasteiger partial charge in [-0.15, -0.1) is 0 Å². The van der Waals surface area contributed by atoms with Crippen molar-refractivity contribution < 1.29 is 19.0 Å². The molecule has 1 aliphatic heterocycles. The Morgan fingerprint density at radius 3 is 2.64 bits per heavy atom. The number of halogens is 3. The van der Waals surface area contributed by atoms with Crippen LogP contribution in [-0.4, -0.2) is 41.8 Å². The van der Waals surface area contributed by atoms with Gasteiger partial charge < -0.3 is 14.7 Å². The largest absolute Gasteiger partial charge is 0.394 e. The van der Waals surface area contributed by atoms with Crippen molar-refractivity contribution in [1.82, 2.24) is 4.90 Å². The number of carbonyl (C=O) groups excluding carboxylic acids is 1. The summed E-state index contributed by atoms with van der Waals surface area (Å²) in [5, 5.41) is 10.0. The van der Waals surface area contributed by atoms with E-state index in [4.69, 9.17) is 27.9 Å². The molecule has 132 valence electrons. The molecule has 4 nitrogen and oxygen atoms in total. The van der Waals surface area contributed by atoms with Crippen LogP contribution in [0.1, 0.15) is 22.0 Å². The number of morpholine rings is 1. The Balaban J connectivity index is 2.04. The summed E-state index contributed by atoms with van der Waals surface area (Å²) in [5.41, 5.74) is 0.516. The number of amides is 1. The van der Waals surface area contributed by atoms with Gasteiger partial charge in [0.1, 0.15) is 6.10 Å². The first-order valence-electron chi connectivity index (χ1n) is 7.76. The number of hydrogen-bond donors (Lipinski definition) is 1. The number of aliphatic hydroxyl groups is 1. The summed E-state index contributed by atoms with van der Waals surface area (Å²) in [6.07, 6.45) is -0.653. The van der Waals surface area contributed by atoms with Gasteiger partial charge >= 0.3 is 0 Å². The number of ether oxygens (including phenoxy) is 1. The van der Waals surface area contributed by atoms with Crippen LogP contribution in [0.3, 0.4) is 0 Å². The fourth-order valence-corrected chi connectivity index (χ4v) is 3.44. The standard InChI is InChI=1S/C18H16Cl2FNO3/c19-13-6-2-1-4-11(13)17-15(10-23)25-9-8-22(17)18(24)12-5-3-7-14(20)16(12)21/h1-7,15,17,23H,8-10H2/t15-,17-/m0/s1. The minimum Gasteiger partial charge on any atom is -0.394 e. The molecule has 2 aromatic rings. The van der Waals surface area contributed by atoms with Crippen molar-refractivity contribution in [1.29, 1.82) is 0 Å². The molecule has 25 heavy (non-hydrogen) atoms. The van der Waals surface area contributed by atoms with E-state index in [-0.39, 0.29) is 30.3 Å². The molecule has 0 aromatic heterocycles. The molecule has 0 saturated carbocycles.